The van der Waals surface area contributed by atoms with Crippen molar-refractivity contribution in [1.82, 2.24) is 0 Å². The number of ether oxygens (including phenoxy) is 1. The maximum atomic E-state index is 14.3. The summed E-state index contributed by atoms with van der Waals surface area (Å²) in [6, 6.07) is 25.1. The highest BCUT2D eigenvalue weighted by molar-refractivity contribution is 5.94. The molecule has 0 N–H and O–H groups in total. The van der Waals surface area contributed by atoms with Crippen LogP contribution in [0.2, 0.25) is 0 Å². The van der Waals surface area contributed by atoms with Gasteiger partial charge in [0.05, 0.1) is 11.6 Å². The molecule has 4 aromatic rings. The molecular formula is C39H44FNO2. The van der Waals surface area contributed by atoms with E-state index in [0.717, 1.165) is 39.1 Å². The molecule has 0 aliphatic rings. The third-order valence-electron chi connectivity index (χ3n) is 8.25. The maximum absolute atomic E-state index is 14.3. The third kappa shape index (κ3) is 7.48. The van der Waals surface area contributed by atoms with Crippen molar-refractivity contribution in [1.29, 1.82) is 0 Å². The van der Waals surface area contributed by atoms with Crippen molar-refractivity contribution >= 4 is 17.9 Å². The Morgan fingerprint density at radius 1 is 0.791 bits per heavy atom. The average Bonchev–Trinajstić information content (AvgIpc) is 2.98. The van der Waals surface area contributed by atoms with Gasteiger partial charge in [0.1, 0.15) is 12.4 Å². The first-order valence-electron chi connectivity index (χ1n) is 15.3. The van der Waals surface area contributed by atoms with Crippen LogP contribution in [0.1, 0.15) is 111 Å². The first-order chi connectivity index (χ1) is 20.5. The molecule has 0 heterocycles. The van der Waals surface area contributed by atoms with E-state index in [4.69, 9.17) is 9.73 Å². The summed E-state index contributed by atoms with van der Waals surface area (Å²) in [6.07, 6.45) is 1.90. The van der Waals surface area contributed by atoms with E-state index in [1.165, 1.54) is 22.8 Å². The molecule has 4 heteroatoms. The summed E-state index contributed by atoms with van der Waals surface area (Å²) < 4.78 is 20.1. The molecule has 0 aromatic heterocycles. The van der Waals surface area contributed by atoms with Gasteiger partial charge in [-0.1, -0.05) is 108 Å². The minimum absolute atomic E-state index is 0.142. The highest BCUT2D eigenvalue weighted by atomic mass is 19.1. The van der Waals surface area contributed by atoms with Gasteiger partial charge in [0, 0.05) is 11.8 Å². The number of para-hydroxylation sites is 1. The van der Waals surface area contributed by atoms with E-state index >= 15 is 0 Å². The van der Waals surface area contributed by atoms with Gasteiger partial charge in [0.15, 0.2) is 0 Å². The molecule has 0 aliphatic carbocycles. The number of nitrogens with zero attached hydrogens (tertiary/aromatic N) is 1. The van der Waals surface area contributed by atoms with Gasteiger partial charge in [0.25, 0.3) is 0 Å². The molecule has 224 valence electrons. The van der Waals surface area contributed by atoms with Crippen molar-refractivity contribution in [2.24, 2.45) is 4.99 Å². The minimum atomic E-state index is -0.379. The molecule has 0 fully saturated rings. The fourth-order valence-corrected chi connectivity index (χ4v) is 5.37. The van der Waals surface area contributed by atoms with Gasteiger partial charge in [-0.15, -0.1) is 0 Å². The lowest BCUT2D eigenvalue weighted by molar-refractivity contribution is -0.146. The van der Waals surface area contributed by atoms with Gasteiger partial charge < -0.3 is 4.74 Å². The van der Waals surface area contributed by atoms with Crippen molar-refractivity contribution in [2.45, 2.75) is 85.7 Å². The topological polar surface area (TPSA) is 38.7 Å². The van der Waals surface area contributed by atoms with Gasteiger partial charge >= 0.3 is 5.97 Å². The Hall–Kier alpha value is -4.05. The van der Waals surface area contributed by atoms with Crippen molar-refractivity contribution in [3.63, 3.8) is 0 Å². The molecule has 0 bridgehead atoms. The lowest BCUT2D eigenvalue weighted by Gasteiger charge is -2.18. The normalized spacial score (nSPS) is 12.5. The molecule has 4 rings (SSSR count). The van der Waals surface area contributed by atoms with Crippen LogP contribution in [0.25, 0.3) is 11.1 Å². The molecule has 0 saturated heterocycles. The Labute approximate surface area is 256 Å². The molecular weight excluding hydrogens is 533 g/mol. The van der Waals surface area contributed by atoms with Gasteiger partial charge in [-0.25, -0.2) is 4.39 Å². The smallest absolute Gasteiger partial charge is 0.313 e. The molecule has 0 radical (unpaired) electrons. The van der Waals surface area contributed by atoms with Gasteiger partial charge in [-0.05, 0) is 88.2 Å². The Balaban J connectivity index is 1.69. The van der Waals surface area contributed by atoms with E-state index in [0.29, 0.717) is 17.8 Å². The van der Waals surface area contributed by atoms with Crippen LogP contribution < -0.4 is 0 Å². The Bertz CT molecular complexity index is 1570. The zero-order valence-corrected chi connectivity index (χ0v) is 26.7. The fraction of sp³-hybridized carbons (Fsp3) is 0.333. The second kappa shape index (κ2) is 13.9. The second-order valence-corrected chi connectivity index (χ2v) is 12.3. The highest BCUT2D eigenvalue weighted by Gasteiger charge is 2.19. The summed E-state index contributed by atoms with van der Waals surface area (Å²) in [5.41, 5.74) is 9.89. The van der Waals surface area contributed by atoms with E-state index in [1.54, 1.807) is 12.1 Å². The highest BCUT2D eigenvalue weighted by Crippen LogP contribution is 2.36. The number of carbonyl (C=O) groups excluding carboxylic acids is 1. The summed E-state index contributed by atoms with van der Waals surface area (Å²) in [6.45, 7) is 17.0. The number of aliphatic imine (C=N–C) groups is 1. The molecule has 3 nitrogen and oxygen atoms in total. The molecule has 1 atom stereocenters. The van der Waals surface area contributed by atoms with Gasteiger partial charge in [-0.3, -0.25) is 9.79 Å². The predicted octanol–water partition coefficient (Wildman–Crippen LogP) is 10.8. The number of halogens is 1. The summed E-state index contributed by atoms with van der Waals surface area (Å²) in [4.78, 5) is 18.2. The first kappa shape index (κ1) is 31.9. The largest absolute Gasteiger partial charge is 0.460 e. The lowest BCUT2D eigenvalue weighted by Crippen LogP contribution is -2.14. The quantitative estimate of drug-likeness (QED) is 0.139. The molecule has 0 unspecified atom stereocenters. The van der Waals surface area contributed by atoms with E-state index in [2.05, 4.69) is 71.9 Å². The minimum Gasteiger partial charge on any atom is -0.460 e. The molecule has 4 aromatic carbocycles. The molecule has 0 amide bonds. The SMILES string of the molecule is Cc1c(COC(=O)[C@@H](C)c2ccc(C(C)C)cc2)ccc(-c2cccc(F)c2)c1C=Nc1c(C(C)C)cccc1C(C)C. The van der Waals surface area contributed by atoms with Crippen LogP contribution in [0.4, 0.5) is 10.1 Å². The summed E-state index contributed by atoms with van der Waals surface area (Å²) in [7, 11) is 0. The number of hydrogen-bond acceptors (Lipinski definition) is 3. The van der Waals surface area contributed by atoms with Crippen LogP contribution in [0.3, 0.4) is 0 Å². The zero-order chi connectivity index (χ0) is 31.3. The van der Waals surface area contributed by atoms with E-state index in [9.17, 15) is 9.18 Å². The van der Waals surface area contributed by atoms with Crippen molar-refractivity contribution < 1.29 is 13.9 Å². The Kier molecular flexibility index (Phi) is 10.3. The fourth-order valence-electron chi connectivity index (χ4n) is 5.37. The first-order valence-corrected chi connectivity index (χ1v) is 15.3. The number of hydrogen-bond donors (Lipinski definition) is 0. The molecule has 0 aliphatic heterocycles. The van der Waals surface area contributed by atoms with Crippen LogP contribution in [-0.2, 0) is 16.1 Å². The Morgan fingerprint density at radius 2 is 1.40 bits per heavy atom. The van der Waals surface area contributed by atoms with Crippen LogP contribution in [0.5, 0.6) is 0 Å². The van der Waals surface area contributed by atoms with Gasteiger partial charge in [0.2, 0.25) is 0 Å². The summed E-state index contributed by atoms with van der Waals surface area (Å²) in [5.74, 6) is 0.111. The predicted molar refractivity (Wildman–Crippen MR) is 177 cm³/mol. The monoisotopic (exact) mass is 577 g/mol. The van der Waals surface area contributed by atoms with Crippen LogP contribution in [-0.4, -0.2) is 12.2 Å². The van der Waals surface area contributed by atoms with Crippen molar-refractivity contribution in [2.75, 3.05) is 0 Å². The van der Waals surface area contributed by atoms with Crippen LogP contribution >= 0.6 is 0 Å². The standard InChI is InChI=1S/C39H44FNO2/c1-24(2)29-15-17-30(18-16-29)28(8)39(42)43-23-32-19-20-36(31-11-9-12-33(40)21-31)37(27(32)7)22-41-38-34(25(3)4)13-10-14-35(38)26(5)6/h9-22,24-26,28H,23H2,1-8H3/t28-/m0/s1. The van der Waals surface area contributed by atoms with Crippen LogP contribution in [0, 0.1) is 12.7 Å². The number of esters is 1. The number of rotatable bonds is 10. The number of benzene rings is 4. The third-order valence-corrected chi connectivity index (χ3v) is 8.25. The van der Waals surface area contributed by atoms with Crippen molar-refractivity contribution in [3.05, 3.63) is 124 Å². The Morgan fingerprint density at radius 3 is 1.98 bits per heavy atom. The van der Waals surface area contributed by atoms with E-state index < -0.39 is 0 Å². The van der Waals surface area contributed by atoms with Crippen molar-refractivity contribution in [3.8, 4) is 11.1 Å². The van der Waals surface area contributed by atoms with E-state index in [1.807, 2.05) is 50.4 Å². The van der Waals surface area contributed by atoms with E-state index in [-0.39, 0.29) is 24.3 Å². The van der Waals surface area contributed by atoms with Gasteiger partial charge in [-0.2, -0.15) is 0 Å². The molecule has 43 heavy (non-hydrogen) atoms. The van der Waals surface area contributed by atoms with Crippen LogP contribution in [0.15, 0.2) is 83.9 Å². The lowest BCUT2D eigenvalue weighted by atomic mass is 9.92. The average molecular weight is 578 g/mol. The maximum Gasteiger partial charge on any atom is 0.313 e. The molecule has 0 spiro atoms. The zero-order valence-electron chi connectivity index (χ0n) is 26.7. The number of carbonyl (C=O) groups is 1. The molecule has 0 saturated carbocycles. The summed E-state index contributed by atoms with van der Waals surface area (Å²) >= 11 is 0. The summed E-state index contributed by atoms with van der Waals surface area (Å²) in [5, 5.41) is 0. The second-order valence-electron chi connectivity index (χ2n) is 12.3.